The largest absolute Gasteiger partial charge is 0.379 e. The maximum absolute atomic E-state index is 14.8. The molecule has 0 aromatic heterocycles. The fourth-order valence-electron chi connectivity index (χ4n) is 15.5. The Balaban J connectivity index is 1.47. The van der Waals surface area contributed by atoms with Crippen molar-refractivity contribution in [3.8, 4) is 0 Å². The minimum Gasteiger partial charge on any atom is -0.379 e. The number of nitrogens with one attached hydrogen (secondary N) is 14. The number of ether oxygens (including phenoxy) is 3. The average molecular weight is 1690 g/mol. The highest BCUT2D eigenvalue weighted by Crippen LogP contribution is 2.36. The van der Waals surface area contributed by atoms with Gasteiger partial charge < -0.3 is 123 Å². The minimum absolute atomic E-state index is 0.00225. The Kier molecular flexibility index (Phi) is 41.6. The van der Waals surface area contributed by atoms with Crippen molar-refractivity contribution in [2.75, 3.05) is 84.6 Å². The van der Waals surface area contributed by atoms with E-state index in [9.17, 15) is 71.9 Å². The summed E-state index contributed by atoms with van der Waals surface area (Å²) >= 11 is 0. The first-order valence-corrected chi connectivity index (χ1v) is 41.3. The van der Waals surface area contributed by atoms with Crippen LogP contribution in [0.5, 0.6) is 0 Å². The van der Waals surface area contributed by atoms with Crippen LogP contribution in [0.25, 0.3) is 10.4 Å². The van der Waals surface area contributed by atoms with Crippen LogP contribution in [0.1, 0.15) is 223 Å². The molecule has 1 heterocycles. The van der Waals surface area contributed by atoms with Gasteiger partial charge in [-0.3, -0.25) is 14.4 Å². The molecule has 0 atom stereocenters. The fourth-order valence-corrected chi connectivity index (χ4v) is 15.5. The topological polar surface area (TPSA) is 527 Å². The first-order chi connectivity index (χ1) is 59.0. The van der Waals surface area contributed by atoms with Crippen molar-refractivity contribution in [3.05, 3.63) is 148 Å². The smallest absolute Gasteiger partial charge is 0.319 e. The normalized spacial score (nSPS) is 12.6. The molecule has 36 nitrogen and oxygen atoms in total. The van der Waals surface area contributed by atoms with Gasteiger partial charge in [-0.05, 0) is 210 Å². The van der Waals surface area contributed by atoms with Gasteiger partial charge in [0.2, 0.25) is 0 Å². The number of primary amides is 1. The summed E-state index contributed by atoms with van der Waals surface area (Å²) in [4.78, 5) is 201. The molecule has 5 aromatic carbocycles. The third-order valence-electron chi connectivity index (χ3n) is 21.2. The first kappa shape index (κ1) is 98.2. The third kappa shape index (κ3) is 29.1. The van der Waals surface area contributed by atoms with Crippen molar-refractivity contribution in [3.63, 3.8) is 0 Å². The number of rotatable bonds is 46. The van der Waals surface area contributed by atoms with E-state index in [0.29, 0.717) is 116 Å². The molecule has 36 heteroatoms. The van der Waals surface area contributed by atoms with Crippen LogP contribution in [-0.4, -0.2) is 155 Å². The maximum atomic E-state index is 14.8. The number of fused-ring (bicyclic) bond motifs is 6. The van der Waals surface area contributed by atoms with E-state index in [1.807, 2.05) is 48.5 Å². The van der Waals surface area contributed by atoms with Gasteiger partial charge in [0, 0.05) is 117 Å². The number of hydrogen-bond donors (Lipinski definition) is 15. The van der Waals surface area contributed by atoms with Crippen molar-refractivity contribution in [2.45, 2.75) is 214 Å². The van der Waals surface area contributed by atoms with Gasteiger partial charge in [-0.1, -0.05) is 53.6 Å². The Hall–Kier alpha value is -12.7. The number of urea groups is 6. The number of carbonyl (C=O) groups is 15. The van der Waals surface area contributed by atoms with Gasteiger partial charge in [0.05, 0.1) is 73.8 Å². The standard InChI is InChI=1S/C86H116N18O18/c1-8-58-59(9-2)65-50-93-83(118)100-74-47-55(76(111)89-33-41-120-43-45-122-46-44-121-42-34-95-104-88)21-24-71(74)98-81(116)91-53-68-62(12-5)67(52-90-80(115)97-70-25-22-56(48-73(70)96-79(87)114)77(112)102-85(27-15-35-105,28-16-36-106)29-17-37-107)63(13-6)69(64(68)14-7)54-92-82(117)99-72-26-23-57(78(113)103-86(30-18-38-108,31-19-39-109)32-20-40-110)49-75(72)101-84(119)94-51-66(60(58)10-3)61(65)11-4/h21-26,35-40,47-49H,8-20,27-34,41-46,50-54H2,1-7H3,(H,89,111)(H,102,112)(H,103,113)(H3,87,96,114)(H2,90,97,115)(H2,91,98,116)(H2,92,99,117)(H2,93,100,118)(H2,94,101,119). The van der Waals surface area contributed by atoms with E-state index in [4.69, 9.17) is 25.5 Å². The molecule has 1 aliphatic rings. The molecule has 6 rings (SSSR count). The Bertz CT molecular complexity index is 4520. The summed E-state index contributed by atoms with van der Waals surface area (Å²) in [5, 5.41) is 43.7. The monoisotopic (exact) mass is 1690 g/mol. The number of nitrogens with two attached hydrogens (primary N) is 1. The summed E-state index contributed by atoms with van der Waals surface area (Å²) in [6.07, 6.45) is 7.79. The van der Waals surface area contributed by atoms with Gasteiger partial charge in [0.15, 0.2) is 0 Å². The molecular formula is C86H116N18O18. The molecule has 0 fully saturated rings. The molecule has 658 valence electrons. The highest BCUT2D eigenvalue weighted by Gasteiger charge is 2.35. The Morgan fingerprint density at radius 2 is 0.762 bits per heavy atom. The highest BCUT2D eigenvalue weighted by atomic mass is 16.5. The molecule has 5 aromatic rings. The van der Waals surface area contributed by atoms with Gasteiger partial charge in [-0.2, -0.15) is 0 Å². The number of nitrogens with zero attached hydrogens (tertiary/aromatic N) is 3. The van der Waals surface area contributed by atoms with E-state index >= 15 is 0 Å². The second-order valence-corrected chi connectivity index (χ2v) is 28.8. The first-order valence-electron chi connectivity index (χ1n) is 41.3. The predicted octanol–water partition coefficient (Wildman–Crippen LogP) is 10.9. The van der Waals surface area contributed by atoms with E-state index < -0.39 is 65.0 Å². The van der Waals surface area contributed by atoms with Crippen molar-refractivity contribution >= 4 is 126 Å². The maximum Gasteiger partial charge on any atom is 0.319 e. The third-order valence-corrected chi connectivity index (χ3v) is 21.2. The second-order valence-electron chi connectivity index (χ2n) is 28.8. The SMILES string of the molecule is CCc1c(CC)c2c(CC)c(c1CC)CNC(=O)Nc1cc(C(=O)NC(CCC=O)(CCC=O)CCC=O)ccc1NC(=O)NCc1c(CC)c(CNC(=O)Nc3ccc(C(=O)NC(CCC=O)(CCC=O)CCC=O)cc3NC(N)=O)c(CC)c(c1CC)CNC(=O)Nc1ccc(C(=O)NCCOCCOCCOCCN=[N+]=[N-])cc1NC(=O)NC2. The van der Waals surface area contributed by atoms with Crippen LogP contribution >= 0.6 is 0 Å². The molecule has 0 unspecified atom stereocenters. The summed E-state index contributed by atoms with van der Waals surface area (Å²) in [5.74, 6) is -1.91. The number of aldehydes is 6. The molecule has 0 aliphatic carbocycles. The molecule has 16 N–H and O–H groups in total. The summed E-state index contributed by atoms with van der Waals surface area (Å²) in [6, 6.07) is 7.63. The molecule has 122 heavy (non-hydrogen) atoms. The van der Waals surface area contributed by atoms with Gasteiger partial charge in [0.1, 0.15) is 37.7 Å². The molecule has 15 amide bonds. The van der Waals surface area contributed by atoms with Crippen LogP contribution in [0.15, 0.2) is 59.7 Å². The van der Waals surface area contributed by atoms with Crippen molar-refractivity contribution in [1.82, 2.24) is 42.5 Å². The van der Waals surface area contributed by atoms with Crippen LogP contribution in [0.4, 0.5) is 62.9 Å². The van der Waals surface area contributed by atoms with Crippen LogP contribution in [-0.2, 0) is 121 Å². The molecule has 0 spiro atoms. The Morgan fingerprint density at radius 1 is 0.418 bits per heavy atom. The summed E-state index contributed by atoms with van der Waals surface area (Å²) in [7, 11) is 0. The van der Waals surface area contributed by atoms with Gasteiger partial charge >= 0.3 is 36.2 Å². The number of hydrogen-bond acceptors (Lipinski definition) is 19. The van der Waals surface area contributed by atoms with Gasteiger partial charge in [0.25, 0.3) is 17.7 Å². The summed E-state index contributed by atoms with van der Waals surface area (Å²) in [6.45, 7) is 14.7. The van der Waals surface area contributed by atoms with Crippen LogP contribution in [0.2, 0.25) is 0 Å². The lowest BCUT2D eigenvalue weighted by molar-refractivity contribution is -0.110. The van der Waals surface area contributed by atoms with Crippen molar-refractivity contribution < 1.29 is 86.1 Å². The lowest BCUT2D eigenvalue weighted by Crippen LogP contribution is -2.49. The van der Waals surface area contributed by atoms with Crippen LogP contribution in [0.3, 0.4) is 0 Å². The number of carbonyl (C=O) groups excluding carboxylic acids is 15. The van der Waals surface area contributed by atoms with E-state index in [2.05, 4.69) is 84.5 Å². The van der Waals surface area contributed by atoms with Crippen molar-refractivity contribution in [2.24, 2.45) is 10.8 Å². The lowest BCUT2D eigenvalue weighted by Gasteiger charge is -2.34. The molecular weight excluding hydrogens is 1570 g/mol. The molecule has 1 aliphatic heterocycles. The van der Waals surface area contributed by atoms with Crippen LogP contribution < -0.4 is 80.2 Å². The Morgan fingerprint density at radius 3 is 1.13 bits per heavy atom. The molecule has 0 radical (unpaired) electrons. The zero-order valence-corrected chi connectivity index (χ0v) is 70.6. The Labute approximate surface area is 709 Å². The number of anilines is 6. The van der Waals surface area contributed by atoms with Gasteiger partial charge in [-0.15, -0.1) is 0 Å². The van der Waals surface area contributed by atoms with E-state index in [1.165, 1.54) is 54.6 Å². The van der Waals surface area contributed by atoms with Crippen LogP contribution in [0, 0.1) is 0 Å². The number of azide groups is 1. The number of benzene rings is 5. The van der Waals surface area contributed by atoms with E-state index in [-0.39, 0.29) is 213 Å². The fraction of sp³-hybridized carbons (Fsp3) is 0.477. The van der Waals surface area contributed by atoms with Crippen molar-refractivity contribution in [1.29, 1.82) is 0 Å². The minimum atomic E-state index is -1.18. The average Bonchev–Trinajstić information content (AvgIpc) is 0.772. The second kappa shape index (κ2) is 51.7. The zero-order chi connectivity index (χ0) is 89.0. The summed E-state index contributed by atoms with van der Waals surface area (Å²) in [5.41, 5.74) is 21.1. The van der Waals surface area contributed by atoms with Gasteiger partial charge in [-0.25, -0.2) is 28.8 Å². The predicted molar refractivity (Wildman–Crippen MR) is 461 cm³/mol. The van der Waals surface area contributed by atoms with E-state index in [0.717, 1.165) is 33.4 Å². The highest BCUT2D eigenvalue weighted by molar-refractivity contribution is 6.05. The lowest BCUT2D eigenvalue weighted by atomic mass is 9.82. The summed E-state index contributed by atoms with van der Waals surface area (Å²) < 4.78 is 16.6. The quantitative estimate of drug-likeness (QED) is 0.00566. The zero-order valence-electron chi connectivity index (χ0n) is 70.6. The molecule has 0 saturated heterocycles. The van der Waals surface area contributed by atoms with E-state index in [1.54, 1.807) is 0 Å². The number of amides is 15. The molecule has 0 saturated carbocycles. The molecule has 4 bridgehead atoms.